The Morgan fingerprint density at radius 2 is 2.26 bits per heavy atom. The summed E-state index contributed by atoms with van der Waals surface area (Å²) in [5, 5.41) is 9.66. The van der Waals surface area contributed by atoms with Crippen molar-refractivity contribution in [2.24, 2.45) is 0 Å². The summed E-state index contributed by atoms with van der Waals surface area (Å²) in [6.45, 7) is 1.96. The Labute approximate surface area is 123 Å². The molecular weight excluding hydrogens is 334 g/mol. The van der Waals surface area contributed by atoms with Crippen LogP contribution in [0.3, 0.4) is 0 Å². The molecule has 1 N–H and O–H groups in total. The molecule has 19 heavy (non-hydrogen) atoms. The first-order valence-corrected chi connectivity index (χ1v) is 6.88. The van der Waals surface area contributed by atoms with E-state index in [0.717, 1.165) is 6.42 Å². The highest BCUT2D eigenvalue weighted by molar-refractivity contribution is 9.10. The maximum absolute atomic E-state index is 11.1. The zero-order valence-electron chi connectivity index (χ0n) is 10.1. The van der Waals surface area contributed by atoms with Gasteiger partial charge in [-0.25, -0.2) is 9.78 Å². The molecule has 0 atom stereocenters. The third kappa shape index (κ3) is 2.98. The Bertz CT molecular complexity index is 624. The number of rotatable bonds is 4. The predicted molar refractivity (Wildman–Crippen MR) is 75.6 cm³/mol. The van der Waals surface area contributed by atoms with E-state index in [-0.39, 0.29) is 5.76 Å². The van der Waals surface area contributed by atoms with Gasteiger partial charge in [-0.15, -0.1) is 0 Å². The van der Waals surface area contributed by atoms with Crippen LogP contribution in [0.2, 0.25) is 5.02 Å². The van der Waals surface area contributed by atoms with Crippen molar-refractivity contribution in [3.8, 4) is 11.5 Å². The second kappa shape index (κ2) is 5.75. The number of hydrogen-bond acceptors (Lipinski definition) is 3. The van der Waals surface area contributed by atoms with E-state index in [0.29, 0.717) is 33.1 Å². The molecule has 0 aliphatic carbocycles. The van der Waals surface area contributed by atoms with Gasteiger partial charge in [0.2, 0.25) is 11.7 Å². The molecule has 4 nitrogen and oxygen atoms in total. The minimum atomic E-state index is -1.10. The summed E-state index contributed by atoms with van der Waals surface area (Å²) in [4.78, 5) is 15.3. The van der Waals surface area contributed by atoms with Gasteiger partial charge in [-0.2, -0.15) is 0 Å². The van der Waals surface area contributed by atoms with Crippen LogP contribution in [0.5, 0.6) is 0 Å². The van der Waals surface area contributed by atoms with Gasteiger partial charge in [0.25, 0.3) is 0 Å². The number of aryl methyl sites for hydroxylation is 1. The molecule has 1 aromatic heterocycles. The fourth-order valence-corrected chi connectivity index (χ4v) is 2.17. The van der Waals surface area contributed by atoms with Gasteiger partial charge < -0.3 is 9.52 Å². The Balaban J connectivity index is 2.47. The first-order chi connectivity index (χ1) is 9.02. The van der Waals surface area contributed by atoms with Crippen LogP contribution in [0.15, 0.2) is 27.1 Å². The number of carbonyl (C=O) groups is 1. The lowest BCUT2D eigenvalue weighted by Crippen LogP contribution is -1.99. The van der Waals surface area contributed by atoms with Crippen molar-refractivity contribution >= 4 is 33.5 Å². The lowest BCUT2D eigenvalue weighted by atomic mass is 10.2. The number of benzene rings is 1. The monoisotopic (exact) mass is 343 g/mol. The number of aromatic nitrogens is 1. The van der Waals surface area contributed by atoms with Gasteiger partial charge in [0, 0.05) is 10.0 Å². The van der Waals surface area contributed by atoms with Crippen LogP contribution >= 0.6 is 27.5 Å². The summed E-state index contributed by atoms with van der Waals surface area (Å²) < 4.78 is 6.04. The average Bonchev–Trinajstić information content (AvgIpc) is 2.77. The van der Waals surface area contributed by atoms with Gasteiger partial charge >= 0.3 is 5.97 Å². The van der Waals surface area contributed by atoms with Crippen molar-refractivity contribution in [3.05, 3.63) is 39.1 Å². The average molecular weight is 345 g/mol. The molecular formula is C13H11BrClNO3. The van der Waals surface area contributed by atoms with Crippen LogP contribution in [-0.2, 0) is 6.42 Å². The second-order valence-electron chi connectivity index (χ2n) is 3.98. The SMILES string of the molecule is CCCc1nc(-c2ccc(Cl)c(Br)c2)oc1C(=O)O. The van der Waals surface area contributed by atoms with Crippen molar-refractivity contribution in [2.45, 2.75) is 19.8 Å². The highest BCUT2D eigenvalue weighted by atomic mass is 79.9. The minimum Gasteiger partial charge on any atom is -0.475 e. The lowest BCUT2D eigenvalue weighted by molar-refractivity contribution is 0.0661. The van der Waals surface area contributed by atoms with Crippen LogP contribution in [-0.4, -0.2) is 16.1 Å². The number of halogens is 2. The molecule has 2 rings (SSSR count). The molecule has 0 fully saturated rings. The molecule has 0 amide bonds. The Kier molecular flexibility index (Phi) is 4.27. The van der Waals surface area contributed by atoms with E-state index in [1.807, 2.05) is 6.92 Å². The molecule has 0 bridgehead atoms. The molecule has 6 heteroatoms. The summed E-state index contributed by atoms with van der Waals surface area (Å²) in [5.41, 5.74) is 1.15. The maximum atomic E-state index is 11.1. The topological polar surface area (TPSA) is 63.3 Å². The first kappa shape index (κ1) is 14.1. The third-order valence-corrected chi connectivity index (χ3v) is 3.76. The van der Waals surface area contributed by atoms with Crippen molar-refractivity contribution in [1.29, 1.82) is 0 Å². The van der Waals surface area contributed by atoms with E-state index in [2.05, 4.69) is 20.9 Å². The third-order valence-electron chi connectivity index (χ3n) is 2.54. The number of carboxylic acid groups (broad SMARTS) is 1. The number of oxazole rings is 1. The smallest absolute Gasteiger partial charge is 0.373 e. The van der Waals surface area contributed by atoms with Crippen molar-refractivity contribution in [3.63, 3.8) is 0 Å². The van der Waals surface area contributed by atoms with E-state index in [1.165, 1.54) is 0 Å². The fourth-order valence-electron chi connectivity index (χ4n) is 1.68. The van der Waals surface area contributed by atoms with Crippen LogP contribution in [0.25, 0.3) is 11.5 Å². The quantitative estimate of drug-likeness (QED) is 0.892. The summed E-state index contributed by atoms with van der Waals surface area (Å²) >= 11 is 9.22. The van der Waals surface area contributed by atoms with Crippen molar-refractivity contribution in [2.75, 3.05) is 0 Å². The summed E-state index contributed by atoms with van der Waals surface area (Å²) in [7, 11) is 0. The molecule has 100 valence electrons. The van der Waals surface area contributed by atoms with E-state index in [4.69, 9.17) is 21.1 Å². The molecule has 1 aromatic carbocycles. The fraction of sp³-hybridized carbons (Fsp3) is 0.231. The van der Waals surface area contributed by atoms with Crippen LogP contribution in [0.1, 0.15) is 29.6 Å². The molecule has 2 aromatic rings. The van der Waals surface area contributed by atoms with Gasteiger partial charge in [0.15, 0.2) is 0 Å². The van der Waals surface area contributed by atoms with E-state index >= 15 is 0 Å². The molecule has 0 aliphatic heterocycles. The molecule has 0 unspecified atom stereocenters. The zero-order valence-corrected chi connectivity index (χ0v) is 12.5. The molecule has 0 aliphatic rings. The summed E-state index contributed by atoms with van der Waals surface area (Å²) in [6.07, 6.45) is 1.37. The Morgan fingerprint density at radius 3 is 2.84 bits per heavy atom. The Hall–Kier alpha value is -1.33. The second-order valence-corrected chi connectivity index (χ2v) is 5.24. The maximum Gasteiger partial charge on any atom is 0.373 e. The first-order valence-electron chi connectivity index (χ1n) is 5.71. The number of aromatic carboxylic acids is 1. The minimum absolute atomic E-state index is 0.0945. The molecule has 0 spiro atoms. The Morgan fingerprint density at radius 1 is 1.53 bits per heavy atom. The van der Waals surface area contributed by atoms with E-state index in [1.54, 1.807) is 18.2 Å². The number of carboxylic acids is 1. The molecule has 0 saturated carbocycles. The highest BCUT2D eigenvalue weighted by Crippen LogP contribution is 2.29. The van der Waals surface area contributed by atoms with Crippen molar-refractivity contribution in [1.82, 2.24) is 4.98 Å². The molecule has 1 heterocycles. The van der Waals surface area contributed by atoms with Gasteiger partial charge in [0.1, 0.15) is 0 Å². The van der Waals surface area contributed by atoms with E-state index in [9.17, 15) is 4.79 Å². The van der Waals surface area contributed by atoms with Gasteiger partial charge in [0.05, 0.1) is 10.7 Å². The number of nitrogens with zero attached hydrogens (tertiary/aromatic N) is 1. The normalized spacial score (nSPS) is 10.7. The van der Waals surface area contributed by atoms with Crippen LogP contribution in [0.4, 0.5) is 0 Å². The lowest BCUT2D eigenvalue weighted by Gasteiger charge is -1.98. The predicted octanol–water partition coefficient (Wildman–Crippen LogP) is 4.41. The standard InChI is InChI=1S/C13H11BrClNO3/c1-2-3-10-11(13(17)18)19-12(16-10)7-4-5-9(15)8(14)6-7/h4-6H,2-3H2,1H3,(H,17,18). The van der Waals surface area contributed by atoms with Crippen LogP contribution in [0, 0.1) is 0 Å². The zero-order chi connectivity index (χ0) is 14.0. The van der Waals surface area contributed by atoms with E-state index < -0.39 is 5.97 Å². The van der Waals surface area contributed by atoms with Gasteiger partial charge in [-0.3, -0.25) is 0 Å². The molecule has 0 radical (unpaired) electrons. The molecule has 0 saturated heterocycles. The van der Waals surface area contributed by atoms with Crippen LogP contribution < -0.4 is 0 Å². The summed E-state index contributed by atoms with van der Waals surface area (Å²) in [5.74, 6) is -0.906. The van der Waals surface area contributed by atoms with Gasteiger partial charge in [-0.05, 0) is 40.5 Å². The summed E-state index contributed by atoms with van der Waals surface area (Å²) in [6, 6.07) is 5.18. The van der Waals surface area contributed by atoms with Crippen molar-refractivity contribution < 1.29 is 14.3 Å². The number of hydrogen-bond donors (Lipinski definition) is 1. The largest absolute Gasteiger partial charge is 0.475 e. The van der Waals surface area contributed by atoms with Gasteiger partial charge in [-0.1, -0.05) is 24.9 Å². The highest BCUT2D eigenvalue weighted by Gasteiger charge is 2.19.